The van der Waals surface area contributed by atoms with Gasteiger partial charge in [0.15, 0.2) is 22.5 Å². The molecule has 10 nitrogen and oxygen atoms in total. The molecule has 2 saturated heterocycles. The van der Waals surface area contributed by atoms with E-state index in [-0.39, 0.29) is 41.0 Å². The predicted molar refractivity (Wildman–Crippen MR) is 168 cm³/mol. The summed E-state index contributed by atoms with van der Waals surface area (Å²) in [5, 5.41) is 15.1. The molecule has 6 rings (SSSR count). The Kier molecular flexibility index (Phi) is 8.71. The van der Waals surface area contributed by atoms with Crippen molar-refractivity contribution < 1.29 is 33.0 Å². The van der Waals surface area contributed by atoms with Crippen molar-refractivity contribution in [2.75, 3.05) is 37.7 Å². The molecule has 3 aliphatic heterocycles. The van der Waals surface area contributed by atoms with Crippen LogP contribution >= 0.6 is 11.3 Å². The number of likely N-dealkylation sites (tertiary alicyclic amines) is 1. The van der Waals surface area contributed by atoms with Crippen LogP contribution in [0.5, 0.6) is 0 Å². The van der Waals surface area contributed by atoms with E-state index in [1.165, 1.54) is 30.4 Å². The highest BCUT2D eigenvalue weighted by molar-refractivity contribution is 7.11. The second-order valence-corrected chi connectivity index (χ2v) is 12.6. The molecule has 2 aromatic carbocycles. The highest BCUT2D eigenvalue weighted by Crippen LogP contribution is 2.38. The number of amidine groups is 1. The lowest BCUT2D eigenvalue weighted by molar-refractivity contribution is -0.139. The Morgan fingerprint density at radius 1 is 1.17 bits per heavy atom. The number of nitrogens with one attached hydrogen (secondary N) is 1. The van der Waals surface area contributed by atoms with Gasteiger partial charge in [-0.25, -0.2) is 23.4 Å². The Morgan fingerprint density at radius 2 is 1.98 bits per heavy atom. The molecule has 1 amide bonds. The summed E-state index contributed by atoms with van der Waals surface area (Å²) in [5.74, 6) is -3.37. The first-order valence-electron chi connectivity index (χ1n) is 15.0. The Bertz CT molecular complexity index is 1780. The molecule has 4 heterocycles. The number of carbonyl (C=O) groups is 3. The molecule has 2 fully saturated rings. The van der Waals surface area contributed by atoms with Gasteiger partial charge in [0.2, 0.25) is 5.91 Å². The third kappa shape index (κ3) is 5.80. The number of aryl methyl sites for hydroxylation is 1. The number of benzene rings is 2. The molecular formula is C33H33F2N5O5S. The molecule has 3 aliphatic rings. The monoisotopic (exact) mass is 649 g/mol. The van der Waals surface area contributed by atoms with E-state index < -0.39 is 29.6 Å². The summed E-state index contributed by atoms with van der Waals surface area (Å²) < 4.78 is 34.4. The van der Waals surface area contributed by atoms with Crippen LogP contribution in [0, 0.1) is 37.3 Å². The van der Waals surface area contributed by atoms with Crippen molar-refractivity contribution in [1.82, 2.24) is 15.2 Å². The molecule has 13 heteroatoms. The number of anilines is 1. The van der Waals surface area contributed by atoms with Gasteiger partial charge in [0, 0.05) is 54.4 Å². The van der Waals surface area contributed by atoms with Crippen molar-refractivity contribution in [3.05, 3.63) is 92.1 Å². The molecule has 3 atom stereocenters. The minimum absolute atomic E-state index is 0.00674. The van der Waals surface area contributed by atoms with Crippen LogP contribution in [0.3, 0.4) is 0 Å². The summed E-state index contributed by atoms with van der Waals surface area (Å²) in [6.45, 7) is 6.90. The fourth-order valence-electron chi connectivity index (χ4n) is 6.60. The molecule has 46 heavy (non-hydrogen) atoms. The van der Waals surface area contributed by atoms with Crippen LogP contribution in [0.25, 0.3) is 0 Å². The standard InChI is InChI=1S/C33H33F2N5O5S/c1-4-45-33(44)26-25(37-29(30-36-10-12-46-30)38-28(26)22-7-8-24(34)27(35)18(22)3)16-39-11-9-23-19(14-39)15-40(31(23)41)20-5-6-21(32(42)43)17(2)13-20/h5-8,10,12-13,19,23,28H,4,9,11,14-16H2,1-3H3,(H,37,38)(H,42,43)/t19-,23-,28?/m0/s1. The zero-order chi connectivity index (χ0) is 32.7. The van der Waals surface area contributed by atoms with E-state index in [2.05, 4.69) is 15.2 Å². The topological polar surface area (TPSA) is 124 Å². The van der Waals surface area contributed by atoms with E-state index in [4.69, 9.17) is 9.73 Å². The number of amides is 1. The molecule has 0 radical (unpaired) electrons. The number of aliphatic imine (C=N–C) groups is 1. The zero-order valence-corrected chi connectivity index (χ0v) is 26.4. The molecular weight excluding hydrogens is 616 g/mol. The van der Waals surface area contributed by atoms with E-state index in [0.717, 1.165) is 6.07 Å². The van der Waals surface area contributed by atoms with E-state index in [9.17, 15) is 28.3 Å². The number of aromatic nitrogens is 1. The van der Waals surface area contributed by atoms with Gasteiger partial charge in [0.1, 0.15) is 6.04 Å². The number of halogens is 2. The molecule has 0 saturated carbocycles. The number of hydrogen-bond donors (Lipinski definition) is 2. The molecule has 1 aromatic heterocycles. The number of piperidine rings is 1. The number of hydrogen-bond acceptors (Lipinski definition) is 9. The molecule has 3 aromatic rings. The average Bonchev–Trinajstić information content (AvgIpc) is 3.68. The minimum atomic E-state index is -1.01. The number of rotatable bonds is 8. The summed E-state index contributed by atoms with van der Waals surface area (Å²) in [6.07, 6.45) is 2.24. The Morgan fingerprint density at radius 3 is 2.67 bits per heavy atom. The molecule has 0 bridgehead atoms. The van der Waals surface area contributed by atoms with Crippen LogP contribution < -0.4 is 10.2 Å². The van der Waals surface area contributed by atoms with Gasteiger partial charge >= 0.3 is 11.9 Å². The number of ether oxygens (including phenoxy) is 1. The summed E-state index contributed by atoms with van der Waals surface area (Å²) >= 11 is 1.35. The maximum atomic E-state index is 14.8. The molecule has 0 aliphatic carbocycles. The van der Waals surface area contributed by atoms with Crippen LogP contribution in [0.2, 0.25) is 0 Å². The van der Waals surface area contributed by atoms with Crippen LogP contribution in [0.1, 0.15) is 51.4 Å². The van der Waals surface area contributed by atoms with E-state index in [1.54, 1.807) is 42.5 Å². The van der Waals surface area contributed by atoms with Crippen LogP contribution in [-0.4, -0.2) is 71.5 Å². The highest BCUT2D eigenvalue weighted by atomic mass is 32.1. The number of carboxylic acid groups (broad SMARTS) is 1. The summed E-state index contributed by atoms with van der Waals surface area (Å²) in [6, 6.07) is 6.44. The lowest BCUT2D eigenvalue weighted by atomic mass is 9.87. The molecule has 0 spiro atoms. The highest BCUT2D eigenvalue weighted by Gasteiger charge is 2.44. The van der Waals surface area contributed by atoms with Crippen molar-refractivity contribution in [3.63, 3.8) is 0 Å². The van der Waals surface area contributed by atoms with Gasteiger partial charge in [-0.3, -0.25) is 14.7 Å². The third-order valence-electron chi connectivity index (χ3n) is 8.88. The first-order chi connectivity index (χ1) is 22.1. The van der Waals surface area contributed by atoms with E-state index in [1.807, 2.05) is 0 Å². The Labute approximate surface area is 268 Å². The van der Waals surface area contributed by atoms with E-state index >= 15 is 0 Å². The fourth-order valence-corrected chi connectivity index (χ4v) is 7.19. The smallest absolute Gasteiger partial charge is 0.338 e. The van der Waals surface area contributed by atoms with Crippen LogP contribution in [0.15, 0.2) is 58.2 Å². The normalized spacial score (nSPS) is 21.6. The number of fused-ring (bicyclic) bond motifs is 1. The average molecular weight is 650 g/mol. The molecule has 2 N–H and O–H groups in total. The van der Waals surface area contributed by atoms with Gasteiger partial charge in [-0.2, -0.15) is 0 Å². The van der Waals surface area contributed by atoms with Crippen molar-refractivity contribution in [1.29, 1.82) is 0 Å². The summed E-state index contributed by atoms with van der Waals surface area (Å²) in [7, 11) is 0. The van der Waals surface area contributed by atoms with Crippen molar-refractivity contribution >= 4 is 40.7 Å². The largest absolute Gasteiger partial charge is 0.478 e. The number of esters is 1. The van der Waals surface area contributed by atoms with Crippen LogP contribution in [0.4, 0.5) is 14.5 Å². The third-order valence-corrected chi connectivity index (χ3v) is 9.66. The van der Waals surface area contributed by atoms with Crippen molar-refractivity contribution in [2.45, 2.75) is 33.2 Å². The second-order valence-electron chi connectivity index (χ2n) is 11.7. The van der Waals surface area contributed by atoms with Gasteiger partial charge in [-0.15, -0.1) is 11.3 Å². The molecule has 1 unspecified atom stereocenters. The Hall–Kier alpha value is -4.49. The number of carboxylic acids is 1. The Balaban J connectivity index is 1.31. The SMILES string of the molecule is CCOC(=O)C1=C(CN2CC[C@@H]3C(=O)N(c4ccc(C(=O)O)c(C)c4)C[C@@H]3C2)NC(c2nccs2)=NC1c1ccc(F)c(F)c1C. The number of carbonyl (C=O) groups excluding carboxylic acids is 2. The lowest BCUT2D eigenvalue weighted by Gasteiger charge is -2.36. The predicted octanol–water partition coefficient (Wildman–Crippen LogP) is 4.63. The lowest BCUT2D eigenvalue weighted by Crippen LogP contribution is -2.45. The number of nitrogens with zero attached hydrogens (tertiary/aromatic N) is 4. The van der Waals surface area contributed by atoms with Gasteiger partial charge in [0.25, 0.3) is 0 Å². The van der Waals surface area contributed by atoms with Crippen LogP contribution in [-0.2, 0) is 14.3 Å². The van der Waals surface area contributed by atoms with Crippen molar-refractivity contribution in [3.8, 4) is 0 Å². The van der Waals surface area contributed by atoms with Gasteiger partial charge in [-0.1, -0.05) is 6.07 Å². The summed E-state index contributed by atoms with van der Waals surface area (Å²) in [5.41, 5.74) is 2.57. The zero-order valence-electron chi connectivity index (χ0n) is 25.5. The second kappa shape index (κ2) is 12.7. The minimum Gasteiger partial charge on any atom is -0.478 e. The van der Waals surface area contributed by atoms with Gasteiger partial charge in [0.05, 0.1) is 17.7 Å². The maximum Gasteiger partial charge on any atom is 0.338 e. The first-order valence-corrected chi connectivity index (χ1v) is 15.9. The quantitative estimate of drug-likeness (QED) is 0.339. The summed E-state index contributed by atoms with van der Waals surface area (Å²) in [4.78, 5) is 51.6. The van der Waals surface area contributed by atoms with Gasteiger partial charge < -0.3 is 20.1 Å². The fraction of sp³-hybridized carbons (Fsp3) is 0.364. The maximum absolute atomic E-state index is 14.8. The van der Waals surface area contributed by atoms with Crippen molar-refractivity contribution in [2.24, 2.45) is 16.8 Å². The molecule has 240 valence electrons. The first kappa shape index (κ1) is 31.5. The number of aromatic carboxylic acids is 1. The van der Waals surface area contributed by atoms with Gasteiger partial charge in [-0.05, 0) is 74.7 Å². The number of thiazole rings is 1. The van der Waals surface area contributed by atoms with E-state index in [0.29, 0.717) is 66.0 Å².